The summed E-state index contributed by atoms with van der Waals surface area (Å²) in [7, 11) is 0. The summed E-state index contributed by atoms with van der Waals surface area (Å²) in [6.07, 6.45) is 5.35. The van der Waals surface area contributed by atoms with Crippen LogP contribution in [0.2, 0.25) is 0 Å². The fraction of sp³-hybridized carbons (Fsp3) is 0.167. The maximum absolute atomic E-state index is 12.0. The molecular weight excluding hydrogens is 202 g/mol. The first kappa shape index (κ1) is 10.6. The molecule has 0 saturated heterocycles. The maximum Gasteiger partial charge on any atom is 0.274 e. The van der Waals surface area contributed by atoms with Crippen LogP contribution in [0.15, 0.2) is 47.4 Å². The number of aromatic nitrogens is 2. The molecule has 0 atom stereocenters. The third kappa shape index (κ3) is 2.01. The first-order valence-corrected chi connectivity index (χ1v) is 5.13. The minimum Gasteiger partial charge on any atom is -0.327 e. The van der Waals surface area contributed by atoms with Crippen LogP contribution in [0, 0.1) is 0 Å². The first-order valence-electron chi connectivity index (χ1n) is 5.13. The van der Waals surface area contributed by atoms with E-state index in [4.69, 9.17) is 5.73 Å². The second kappa shape index (κ2) is 4.72. The topological polar surface area (TPSA) is 60.9 Å². The molecule has 0 spiro atoms. The van der Waals surface area contributed by atoms with Crippen molar-refractivity contribution in [2.45, 2.75) is 6.54 Å². The number of allylic oxidation sites excluding steroid dienone is 1. The monoisotopic (exact) mass is 215 g/mol. The molecule has 0 bridgehead atoms. The van der Waals surface area contributed by atoms with Crippen molar-refractivity contribution >= 4 is 10.8 Å². The van der Waals surface area contributed by atoms with Crippen molar-refractivity contribution < 1.29 is 0 Å². The van der Waals surface area contributed by atoms with E-state index in [0.717, 1.165) is 5.39 Å². The van der Waals surface area contributed by atoms with Gasteiger partial charge in [-0.3, -0.25) is 4.79 Å². The van der Waals surface area contributed by atoms with E-state index < -0.39 is 0 Å². The van der Waals surface area contributed by atoms with Gasteiger partial charge in [0.15, 0.2) is 0 Å². The lowest BCUT2D eigenvalue weighted by molar-refractivity contribution is 0.659. The van der Waals surface area contributed by atoms with Crippen molar-refractivity contribution in [1.82, 2.24) is 9.78 Å². The predicted octanol–water partition coefficient (Wildman–Crippen LogP) is 0.911. The van der Waals surface area contributed by atoms with E-state index in [2.05, 4.69) is 5.10 Å². The molecule has 0 radical (unpaired) electrons. The molecule has 2 N–H and O–H groups in total. The summed E-state index contributed by atoms with van der Waals surface area (Å²) >= 11 is 0. The zero-order valence-electron chi connectivity index (χ0n) is 8.84. The molecule has 1 heterocycles. The lowest BCUT2D eigenvalue weighted by Gasteiger charge is -2.02. The van der Waals surface area contributed by atoms with Crippen LogP contribution in [0.3, 0.4) is 0 Å². The molecular formula is C12H13N3O. The number of hydrogen-bond acceptors (Lipinski definition) is 3. The first-order chi connectivity index (χ1) is 7.83. The molecule has 16 heavy (non-hydrogen) atoms. The molecule has 0 amide bonds. The average molecular weight is 215 g/mol. The fourth-order valence-electron chi connectivity index (χ4n) is 1.53. The average Bonchev–Trinajstić information content (AvgIpc) is 2.33. The summed E-state index contributed by atoms with van der Waals surface area (Å²) in [5, 5.41) is 5.65. The Balaban J connectivity index is 2.45. The highest BCUT2D eigenvalue weighted by Gasteiger charge is 2.00. The van der Waals surface area contributed by atoms with Crippen LogP contribution in [-0.4, -0.2) is 16.3 Å². The van der Waals surface area contributed by atoms with Crippen molar-refractivity contribution in [3.63, 3.8) is 0 Å². The van der Waals surface area contributed by atoms with Gasteiger partial charge in [-0.05, 0) is 6.07 Å². The summed E-state index contributed by atoms with van der Waals surface area (Å²) in [6, 6.07) is 7.43. The molecule has 2 aromatic rings. The third-order valence-corrected chi connectivity index (χ3v) is 2.34. The Morgan fingerprint density at radius 2 is 2.12 bits per heavy atom. The van der Waals surface area contributed by atoms with Crippen molar-refractivity contribution in [3.8, 4) is 0 Å². The van der Waals surface area contributed by atoms with Crippen LogP contribution >= 0.6 is 0 Å². The van der Waals surface area contributed by atoms with Gasteiger partial charge < -0.3 is 5.73 Å². The standard InChI is InChI=1S/C12H13N3O/c13-7-3-4-8-15-12(16)11-6-2-1-5-10(11)9-14-15/h1-6,9H,7-8,13H2. The van der Waals surface area contributed by atoms with Crippen molar-refractivity contribution in [2.75, 3.05) is 6.54 Å². The minimum atomic E-state index is -0.0697. The van der Waals surface area contributed by atoms with E-state index in [1.54, 1.807) is 6.20 Å². The lowest BCUT2D eigenvalue weighted by Crippen LogP contribution is -2.22. The number of rotatable bonds is 3. The zero-order valence-corrected chi connectivity index (χ0v) is 8.84. The summed E-state index contributed by atoms with van der Waals surface area (Å²) in [4.78, 5) is 12.0. The van der Waals surface area contributed by atoms with Gasteiger partial charge in [-0.2, -0.15) is 5.10 Å². The highest BCUT2D eigenvalue weighted by molar-refractivity contribution is 5.80. The number of nitrogens with two attached hydrogens (primary N) is 1. The van der Waals surface area contributed by atoms with Gasteiger partial charge in [0.1, 0.15) is 0 Å². The van der Waals surface area contributed by atoms with Crippen LogP contribution in [0.1, 0.15) is 0 Å². The Kier molecular flexibility index (Phi) is 3.12. The number of hydrogen-bond donors (Lipinski definition) is 1. The van der Waals surface area contributed by atoms with Gasteiger partial charge in [0.25, 0.3) is 5.56 Å². The second-order valence-electron chi connectivity index (χ2n) is 3.43. The largest absolute Gasteiger partial charge is 0.327 e. The highest BCUT2D eigenvalue weighted by Crippen LogP contribution is 2.06. The lowest BCUT2D eigenvalue weighted by atomic mass is 10.2. The third-order valence-electron chi connectivity index (χ3n) is 2.34. The molecule has 2 rings (SSSR count). The van der Waals surface area contributed by atoms with Crippen LogP contribution < -0.4 is 11.3 Å². The number of benzene rings is 1. The summed E-state index contributed by atoms with van der Waals surface area (Å²) < 4.78 is 1.43. The van der Waals surface area contributed by atoms with Gasteiger partial charge in [-0.25, -0.2) is 4.68 Å². The van der Waals surface area contributed by atoms with Crippen molar-refractivity contribution in [3.05, 3.63) is 53.0 Å². The highest BCUT2D eigenvalue weighted by atomic mass is 16.1. The molecule has 4 nitrogen and oxygen atoms in total. The molecule has 4 heteroatoms. The van der Waals surface area contributed by atoms with E-state index in [1.165, 1.54) is 4.68 Å². The van der Waals surface area contributed by atoms with Gasteiger partial charge in [0.05, 0.1) is 18.1 Å². The molecule has 0 aliphatic heterocycles. The smallest absolute Gasteiger partial charge is 0.274 e. The Hall–Kier alpha value is -1.94. The molecule has 0 saturated carbocycles. The van der Waals surface area contributed by atoms with E-state index in [1.807, 2.05) is 36.4 Å². The molecule has 1 aromatic carbocycles. The molecule has 0 unspecified atom stereocenters. The summed E-state index contributed by atoms with van der Waals surface area (Å²) in [5.41, 5.74) is 5.26. The zero-order chi connectivity index (χ0) is 11.4. The van der Waals surface area contributed by atoms with Gasteiger partial charge in [-0.1, -0.05) is 30.4 Å². The van der Waals surface area contributed by atoms with E-state index in [0.29, 0.717) is 18.5 Å². The molecule has 82 valence electrons. The second-order valence-corrected chi connectivity index (χ2v) is 3.43. The van der Waals surface area contributed by atoms with Crippen molar-refractivity contribution in [2.24, 2.45) is 5.73 Å². The molecule has 0 aliphatic carbocycles. The van der Waals surface area contributed by atoms with Crippen molar-refractivity contribution in [1.29, 1.82) is 0 Å². The normalized spacial score (nSPS) is 11.3. The minimum absolute atomic E-state index is 0.0697. The Morgan fingerprint density at radius 3 is 2.94 bits per heavy atom. The van der Waals surface area contributed by atoms with E-state index >= 15 is 0 Å². The van der Waals surface area contributed by atoms with Crippen LogP contribution in [0.4, 0.5) is 0 Å². The van der Waals surface area contributed by atoms with Crippen LogP contribution in [-0.2, 0) is 6.54 Å². The molecule has 0 aliphatic rings. The van der Waals surface area contributed by atoms with Crippen LogP contribution in [0.5, 0.6) is 0 Å². The fourth-order valence-corrected chi connectivity index (χ4v) is 1.53. The van der Waals surface area contributed by atoms with Crippen LogP contribution in [0.25, 0.3) is 10.8 Å². The summed E-state index contributed by atoms with van der Waals surface area (Å²) in [6.45, 7) is 0.934. The summed E-state index contributed by atoms with van der Waals surface area (Å²) in [5.74, 6) is 0. The number of nitrogens with zero attached hydrogens (tertiary/aromatic N) is 2. The van der Waals surface area contributed by atoms with Gasteiger partial charge in [0, 0.05) is 11.9 Å². The maximum atomic E-state index is 12.0. The predicted molar refractivity (Wildman–Crippen MR) is 64.2 cm³/mol. The Bertz CT molecular complexity index is 572. The van der Waals surface area contributed by atoms with Gasteiger partial charge >= 0.3 is 0 Å². The van der Waals surface area contributed by atoms with Gasteiger partial charge in [0.2, 0.25) is 0 Å². The Labute approximate surface area is 93.0 Å². The van der Waals surface area contributed by atoms with E-state index in [9.17, 15) is 4.79 Å². The van der Waals surface area contributed by atoms with Gasteiger partial charge in [-0.15, -0.1) is 0 Å². The molecule has 0 fully saturated rings. The Morgan fingerprint density at radius 1 is 1.31 bits per heavy atom. The number of fused-ring (bicyclic) bond motifs is 1. The quantitative estimate of drug-likeness (QED) is 0.774. The SMILES string of the molecule is NCC=CCn1ncc2ccccc2c1=O. The molecule has 1 aromatic heterocycles. The van der Waals surface area contributed by atoms with E-state index in [-0.39, 0.29) is 5.56 Å².